The number of likely N-dealkylation sites (tertiary alicyclic amines) is 1. The van der Waals surface area contributed by atoms with E-state index in [-0.39, 0.29) is 18.4 Å². The highest BCUT2D eigenvalue weighted by atomic mass is 16.4. The second-order valence-electron chi connectivity index (χ2n) is 5.15. The summed E-state index contributed by atoms with van der Waals surface area (Å²) < 4.78 is 0. The number of aliphatic carboxylic acids is 1. The molecule has 1 aliphatic heterocycles. The molecule has 1 saturated heterocycles. The predicted octanol–water partition coefficient (Wildman–Crippen LogP) is 1.29. The molecule has 1 aromatic rings. The Morgan fingerprint density at radius 1 is 1.38 bits per heavy atom. The average Bonchev–Trinajstić information content (AvgIpc) is 2.48. The highest BCUT2D eigenvalue weighted by Crippen LogP contribution is 2.16. The Morgan fingerprint density at radius 2 is 2.10 bits per heavy atom. The van der Waals surface area contributed by atoms with E-state index in [1.165, 1.54) is 0 Å². The molecule has 2 N–H and O–H groups in total. The summed E-state index contributed by atoms with van der Waals surface area (Å²) in [6.45, 7) is 1.34. The highest BCUT2D eigenvalue weighted by molar-refractivity contribution is 5.92. The average molecular weight is 287 g/mol. The molecule has 0 radical (unpaired) electrons. The fourth-order valence-corrected chi connectivity index (χ4v) is 2.43. The van der Waals surface area contributed by atoms with E-state index in [4.69, 9.17) is 10.4 Å². The van der Waals surface area contributed by atoms with E-state index in [1.54, 1.807) is 24.3 Å². The van der Waals surface area contributed by atoms with Crippen molar-refractivity contribution in [1.82, 2.24) is 4.90 Å². The summed E-state index contributed by atoms with van der Waals surface area (Å²) in [5.74, 6) is -1.36. The van der Waals surface area contributed by atoms with Gasteiger partial charge >= 0.3 is 5.97 Å². The number of carbonyl (C=O) groups is 2. The van der Waals surface area contributed by atoms with Crippen molar-refractivity contribution in [2.24, 2.45) is 5.92 Å². The summed E-state index contributed by atoms with van der Waals surface area (Å²) >= 11 is 0. The van der Waals surface area contributed by atoms with Gasteiger partial charge in [0, 0.05) is 12.2 Å². The zero-order valence-electron chi connectivity index (χ0n) is 11.6. The molecular formula is C15H17N3O3. The number of hydrogen-bond donors (Lipinski definition) is 2. The lowest BCUT2D eigenvalue weighted by Crippen LogP contribution is -2.42. The molecule has 1 heterocycles. The number of carboxylic acid groups (broad SMARTS) is 1. The summed E-state index contributed by atoms with van der Waals surface area (Å²) in [4.78, 5) is 24.8. The van der Waals surface area contributed by atoms with E-state index in [9.17, 15) is 9.59 Å². The van der Waals surface area contributed by atoms with Crippen molar-refractivity contribution in [3.63, 3.8) is 0 Å². The second-order valence-corrected chi connectivity index (χ2v) is 5.15. The standard InChI is InChI=1S/C15H17N3O3/c16-8-11-3-5-13(6-4-11)17-14(19)10-18-7-1-2-12(9-18)15(20)21/h3-6,12H,1-2,7,9-10H2,(H,17,19)(H,20,21). The van der Waals surface area contributed by atoms with Crippen molar-refractivity contribution in [2.45, 2.75) is 12.8 Å². The van der Waals surface area contributed by atoms with Crippen LogP contribution in [0.15, 0.2) is 24.3 Å². The first-order valence-corrected chi connectivity index (χ1v) is 6.83. The molecule has 1 aliphatic rings. The van der Waals surface area contributed by atoms with E-state index in [2.05, 4.69) is 5.32 Å². The normalized spacial score (nSPS) is 18.7. The summed E-state index contributed by atoms with van der Waals surface area (Å²) in [5, 5.41) is 20.5. The van der Waals surface area contributed by atoms with Crippen LogP contribution < -0.4 is 5.32 Å². The largest absolute Gasteiger partial charge is 0.481 e. The lowest BCUT2D eigenvalue weighted by Gasteiger charge is -2.29. The Morgan fingerprint density at radius 3 is 2.71 bits per heavy atom. The summed E-state index contributed by atoms with van der Waals surface area (Å²) in [7, 11) is 0. The second kappa shape index (κ2) is 6.86. The van der Waals surface area contributed by atoms with Gasteiger partial charge in [-0.2, -0.15) is 5.26 Å². The number of nitrogens with zero attached hydrogens (tertiary/aromatic N) is 2. The van der Waals surface area contributed by atoms with E-state index in [1.807, 2.05) is 11.0 Å². The molecule has 6 heteroatoms. The number of carbonyl (C=O) groups excluding carboxylic acids is 1. The van der Waals surface area contributed by atoms with Crippen molar-refractivity contribution in [3.8, 4) is 6.07 Å². The first-order chi connectivity index (χ1) is 10.1. The lowest BCUT2D eigenvalue weighted by atomic mass is 9.98. The Balaban J connectivity index is 1.86. The summed E-state index contributed by atoms with van der Waals surface area (Å²) in [6.07, 6.45) is 1.46. The van der Waals surface area contributed by atoms with Gasteiger partial charge in [0.05, 0.1) is 24.1 Å². The van der Waals surface area contributed by atoms with Crippen molar-refractivity contribution in [1.29, 1.82) is 5.26 Å². The molecule has 21 heavy (non-hydrogen) atoms. The smallest absolute Gasteiger partial charge is 0.307 e. The SMILES string of the molecule is N#Cc1ccc(NC(=O)CN2CCCC(C(=O)O)C2)cc1. The number of rotatable bonds is 4. The fraction of sp³-hybridized carbons (Fsp3) is 0.400. The van der Waals surface area contributed by atoms with Crippen LogP contribution in [0.2, 0.25) is 0 Å². The van der Waals surface area contributed by atoms with Crippen LogP contribution in [0.4, 0.5) is 5.69 Å². The van der Waals surface area contributed by atoms with Gasteiger partial charge in [-0.15, -0.1) is 0 Å². The Hall–Kier alpha value is -2.39. The molecule has 0 bridgehead atoms. The Bertz CT molecular complexity index is 563. The van der Waals surface area contributed by atoms with E-state index in [0.717, 1.165) is 13.0 Å². The molecule has 1 amide bonds. The number of hydrogen-bond acceptors (Lipinski definition) is 4. The molecule has 0 spiro atoms. The van der Waals surface area contributed by atoms with Crippen LogP contribution in [0.3, 0.4) is 0 Å². The maximum atomic E-state index is 11.9. The molecule has 1 aromatic carbocycles. The molecule has 110 valence electrons. The highest BCUT2D eigenvalue weighted by Gasteiger charge is 2.26. The van der Waals surface area contributed by atoms with E-state index >= 15 is 0 Å². The van der Waals surface area contributed by atoms with Gasteiger partial charge in [-0.05, 0) is 43.7 Å². The number of amides is 1. The van der Waals surface area contributed by atoms with Crippen molar-refractivity contribution in [2.75, 3.05) is 25.0 Å². The van der Waals surface area contributed by atoms with Gasteiger partial charge in [-0.1, -0.05) is 0 Å². The van der Waals surface area contributed by atoms with E-state index in [0.29, 0.717) is 24.2 Å². The monoisotopic (exact) mass is 287 g/mol. The van der Waals surface area contributed by atoms with Gasteiger partial charge in [0.15, 0.2) is 0 Å². The third-order valence-corrected chi connectivity index (χ3v) is 3.52. The van der Waals surface area contributed by atoms with Crippen LogP contribution in [0.25, 0.3) is 0 Å². The van der Waals surface area contributed by atoms with Crippen LogP contribution in [0.1, 0.15) is 18.4 Å². The predicted molar refractivity (Wildman–Crippen MR) is 76.6 cm³/mol. The minimum absolute atomic E-state index is 0.175. The van der Waals surface area contributed by atoms with Gasteiger partial charge in [-0.25, -0.2) is 0 Å². The Kier molecular flexibility index (Phi) is 4.90. The first-order valence-electron chi connectivity index (χ1n) is 6.83. The van der Waals surface area contributed by atoms with Gasteiger partial charge in [0.2, 0.25) is 5.91 Å². The minimum atomic E-state index is -0.799. The zero-order valence-corrected chi connectivity index (χ0v) is 11.6. The van der Waals surface area contributed by atoms with Gasteiger partial charge in [-0.3, -0.25) is 14.5 Å². The van der Waals surface area contributed by atoms with Crippen molar-refractivity contribution < 1.29 is 14.7 Å². The maximum Gasteiger partial charge on any atom is 0.307 e. The minimum Gasteiger partial charge on any atom is -0.481 e. The molecule has 0 saturated carbocycles. The third kappa shape index (κ3) is 4.29. The van der Waals surface area contributed by atoms with E-state index < -0.39 is 5.97 Å². The molecular weight excluding hydrogens is 270 g/mol. The number of carboxylic acids is 1. The molecule has 1 fully saturated rings. The molecule has 1 atom stereocenters. The van der Waals surface area contributed by atoms with Crippen LogP contribution >= 0.6 is 0 Å². The molecule has 0 aliphatic carbocycles. The van der Waals surface area contributed by atoms with Crippen LogP contribution in [-0.4, -0.2) is 41.5 Å². The number of benzene rings is 1. The fourth-order valence-electron chi connectivity index (χ4n) is 2.43. The number of anilines is 1. The Labute approximate surface area is 123 Å². The van der Waals surface area contributed by atoms with Crippen LogP contribution in [0.5, 0.6) is 0 Å². The summed E-state index contributed by atoms with van der Waals surface area (Å²) in [6, 6.07) is 8.63. The summed E-state index contributed by atoms with van der Waals surface area (Å²) in [5.41, 5.74) is 1.17. The lowest BCUT2D eigenvalue weighted by molar-refractivity contribution is -0.144. The van der Waals surface area contributed by atoms with Gasteiger partial charge in [0.1, 0.15) is 0 Å². The number of piperidine rings is 1. The molecule has 1 unspecified atom stereocenters. The number of nitriles is 1. The van der Waals surface area contributed by atoms with Crippen LogP contribution in [0, 0.1) is 17.2 Å². The zero-order chi connectivity index (χ0) is 15.2. The van der Waals surface area contributed by atoms with Crippen molar-refractivity contribution >= 4 is 17.6 Å². The topological polar surface area (TPSA) is 93.4 Å². The molecule has 2 rings (SSSR count). The molecule has 6 nitrogen and oxygen atoms in total. The third-order valence-electron chi connectivity index (χ3n) is 3.52. The van der Waals surface area contributed by atoms with Crippen LogP contribution in [-0.2, 0) is 9.59 Å². The van der Waals surface area contributed by atoms with Crippen molar-refractivity contribution in [3.05, 3.63) is 29.8 Å². The number of nitrogens with one attached hydrogen (secondary N) is 1. The quantitative estimate of drug-likeness (QED) is 0.870. The first kappa shape index (κ1) is 15.0. The maximum absolute atomic E-state index is 11.9. The molecule has 0 aromatic heterocycles. The van der Waals surface area contributed by atoms with Gasteiger partial charge < -0.3 is 10.4 Å². The van der Waals surface area contributed by atoms with Gasteiger partial charge in [0.25, 0.3) is 0 Å².